The Morgan fingerprint density at radius 1 is 1.06 bits per heavy atom. The molecule has 0 aliphatic carbocycles. The number of halogens is 3. The molecule has 0 radical (unpaired) electrons. The van der Waals surface area contributed by atoms with Gasteiger partial charge in [0.25, 0.3) is 0 Å². The molecule has 0 aromatic heterocycles. The topological polar surface area (TPSA) is 9.23 Å². The van der Waals surface area contributed by atoms with Crippen LogP contribution >= 0.6 is 15.9 Å². The number of alkyl halides is 1. The van der Waals surface area contributed by atoms with Crippen molar-refractivity contribution in [3.8, 4) is 11.5 Å². The third-order valence-electron chi connectivity index (χ3n) is 2.45. The Morgan fingerprint density at radius 3 is 2.11 bits per heavy atom. The van der Waals surface area contributed by atoms with Crippen LogP contribution in [0.5, 0.6) is 11.5 Å². The van der Waals surface area contributed by atoms with Gasteiger partial charge in [0.1, 0.15) is 5.75 Å². The van der Waals surface area contributed by atoms with Crippen LogP contribution < -0.4 is 4.74 Å². The number of hydrogen-bond donors (Lipinski definition) is 0. The molecule has 0 fully saturated rings. The van der Waals surface area contributed by atoms with Crippen molar-refractivity contribution < 1.29 is 13.5 Å². The molecule has 2 aromatic rings. The van der Waals surface area contributed by atoms with Gasteiger partial charge in [-0.3, -0.25) is 0 Å². The van der Waals surface area contributed by atoms with Crippen LogP contribution in [0.25, 0.3) is 0 Å². The molecular weight excluding hydrogens is 302 g/mol. The molecular formula is C14H11BrF2O. The third kappa shape index (κ3) is 2.88. The van der Waals surface area contributed by atoms with Crippen LogP contribution in [-0.2, 0) is 5.33 Å². The van der Waals surface area contributed by atoms with Crippen LogP contribution in [0.15, 0.2) is 36.4 Å². The van der Waals surface area contributed by atoms with Crippen molar-refractivity contribution in [1.29, 1.82) is 0 Å². The Kier molecular flexibility index (Phi) is 3.97. The van der Waals surface area contributed by atoms with Crippen molar-refractivity contribution >= 4 is 15.9 Å². The number of aryl methyl sites for hydroxylation is 1. The minimum absolute atomic E-state index is 0.372. The zero-order valence-corrected chi connectivity index (χ0v) is 11.3. The predicted molar refractivity (Wildman–Crippen MR) is 70.2 cm³/mol. The van der Waals surface area contributed by atoms with Crippen LogP contribution in [0.1, 0.15) is 11.1 Å². The lowest BCUT2D eigenvalue weighted by Crippen LogP contribution is -1.94. The highest BCUT2D eigenvalue weighted by Gasteiger charge is 2.13. The fraction of sp³-hybridized carbons (Fsp3) is 0.143. The summed E-state index contributed by atoms with van der Waals surface area (Å²) in [6.07, 6.45) is 0. The highest BCUT2D eigenvalue weighted by Crippen LogP contribution is 2.29. The normalized spacial score (nSPS) is 10.4. The molecule has 1 nitrogen and oxygen atoms in total. The second-order valence-corrected chi connectivity index (χ2v) is 4.50. The van der Waals surface area contributed by atoms with Gasteiger partial charge >= 0.3 is 0 Å². The third-order valence-corrected chi connectivity index (χ3v) is 3.10. The maximum Gasteiger partial charge on any atom is 0.198 e. The van der Waals surface area contributed by atoms with E-state index in [1.807, 2.05) is 19.1 Å². The Morgan fingerprint density at radius 2 is 1.61 bits per heavy atom. The fourth-order valence-corrected chi connectivity index (χ4v) is 1.83. The minimum atomic E-state index is -0.704. The second kappa shape index (κ2) is 5.48. The van der Waals surface area contributed by atoms with Crippen LogP contribution in [0.3, 0.4) is 0 Å². The van der Waals surface area contributed by atoms with E-state index in [0.717, 1.165) is 5.56 Å². The first-order valence-corrected chi connectivity index (χ1v) is 6.50. The maximum atomic E-state index is 13.7. The maximum absolute atomic E-state index is 13.7. The summed E-state index contributed by atoms with van der Waals surface area (Å²) in [5, 5.41) is 0.394. The van der Waals surface area contributed by atoms with Crippen LogP contribution in [-0.4, -0.2) is 0 Å². The molecule has 94 valence electrons. The quantitative estimate of drug-likeness (QED) is 0.728. The van der Waals surface area contributed by atoms with Gasteiger partial charge in [0, 0.05) is 5.33 Å². The Hall–Kier alpha value is -1.42. The Labute approximate surface area is 113 Å². The Balaban J connectivity index is 2.31. The SMILES string of the molecule is Cc1ccc(Oc2c(F)cc(CBr)cc2F)cc1. The van der Waals surface area contributed by atoms with Gasteiger partial charge in [0.05, 0.1) is 0 Å². The van der Waals surface area contributed by atoms with E-state index in [-0.39, 0.29) is 5.75 Å². The number of rotatable bonds is 3. The number of hydrogen-bond acceptors (Lipinski definition) is 1. The predicted octanol–water partition coefficient (Wildman–Crippen LogP) is 4.96. The Bertz CT molecular complexity index is 529. The summed E-state index contributed by atoms with van der Waals surface area (Å²) in [4.78, 5) is 0. The van der Waals surface area contributed by atoms with E-state index in [9.17, 15) is 8.78 Å². The summed E-state index contributed by atoms with van der Waals surface area (Å²) < 4.78 is 32.6. The second-order valence-electron chi connectivity index (χ2n) is 3.94. The molecule has 0 saturated carbocycles. The molecule has 0 N–H and O–H groups in total. The smallest absolute Gasteiger partial charge is 0.198 e. The first-order valence-electron chi connectivity index (χ1n) is 5.38. The molecule has 0 aliphatic heterocycles. The molecule has 2 aromatic carbocycles. The molecule has 0 bridgehead atoms. The average molecular weight is 313 g/mol. The lowest BCUT2D eigenvalue weighted by molar-refractivity contribution is 0.407. The molecule has 0 amide bonds. The lowest BCUT2D eigenvalue weighted by atomic mass is 10.2. The largest absolute Gasteiger partial charge is 0.451 e. The zero-order chi connectivity index (χ0) is 13.1. The van der Waals surface area contributed by atoms with Crippen molar-refractivity contribution in [2.24, 2.45) is 0 Å². The molecule has 0 unspecified atom stereocenters. The van der Waals surface area contributed by atoms with E-state index in [2.05, 4.69) is 15.9 Å². The monoisotopic (exact) mass is 312 g/mol. The van der Waals surface area contributed by atoms with Gasteiger partial charge in [-0.15, -0.1) is 0 Å². The van der Waals surface area contributed by atoms with Gasteiger partial charge < -0.3 is 4.74 Å². The molecule has 0 spiro atoms. The van der Waals surface area contributed by atoms with E-state index >= 15 is 0 Å². The van der Waals surface area contributed by atoms with Gasteiger partial charge in [-0.25, -0.2) is 8.78 Å². The van der Waals surface area contributed by atoms with Crippen molar-refractivity contribution in [2.75, 3.05) is 0 Å². The van der Waals surface area contributed by atoms with Crippen molar-refractivity contribution in [1.82, 2.24) is 0 Å². The van der Waals surface area contributed by atoms with E-state index < -0.39 is 11.6 Å². The van der Waals surface area contributed by atoms with E-state index in [1.165, 1.54) is 12.1 Å². The van der Waals surface area contributed by atoms with E-state index in [1.54, 1.807) is 12.1 Å². The van der Waals surface area contributed by atoms with E-state index in [0.29, 0.717) is 16.6 Å². The van der Waals surface area contributed by atoms with Gasteiger partial charge in [-0.05, 0) is 36.8 Å². The van der Waals surface area contributed by atoms with E-state index in [4.69, 9.17) is 4.74 Å². The first-order chi connectivity index (χ1) is 8.60. The highest BCUT2D eigenvalue weighted by atomic mass is 79.9. The molecule has 0 aliphatic rings. The standard InChI is InChI=1S/C14H11BrF2O/c1-9-2-4-11(5-3-9)18-14-12(16)6-10(8-15)7-13(14)17/h2-7H,8H2,1H3. The van der Waals surface area contributed by atoms with Gasteiger partial charge in [0.2, 0.25) is 0 Å². The summed E-state index contributed by atoms with van der Waals surface area (Å²) in [5.74, 6) is -1.37. The van der Waals surface area contributed by atoms with Crippen molar-refractivity contribution in [3.05, 3.63) is 59.2 Å². The number of ether oxygens (including phenoxy) is 1. The lowest BCUT2D eigenvalue weighted by Gasteiger charge is -2.09. The van der Waals surface area contributed by atoms with Gasteiger partial charge in [-0.1, -0.05) is 33.6 Å². The summed E-state index contributed by atoms with van der Waals surface area (Å²) in [5.41, 5.74) is 1.58. The van der Waals surface area contributed by atoms with Crippen molar-refractivity contribution in [2.45, 2.75) is 12.3 Å². The summed E-state index contributed by atoms with van der Waals surface area (Å²) in [7, 11) is 0. The fourth-order valence-electron chi connectivity index (χ4n) is 1.51. The highest BCUT2D eigenvalue weighted by molar-refractivity contribution is 9.08. The van der Waals surface area contributed by atoms with Crippen LogP contribution in [0.2, 0.25) is 0 Å². The molecule has 0 atom stereocenters. The van der Waals surface area contributed by atoms with Crippen LogP contribution in [0.4, 0.5) is 8.78 Å². The molecule has 0 heterocycles. The average Bonchev–Trinajstić information content (AvgIpc) is 2.35. The zero-order valence-electron chi connectivity index (χ0n) is 9.71. The van der Waals surface area contributed by atoms with Gasteiger partial charge in [-0.2, -0.15) is 0 Å². The molecule has 18 heavy (non-hydrogen) atoms. The summed E-state index contributed by atoms with van der Waals surface area (Å²) >= 11 is 3.15. The molecule has 2 rings (SSSR count). The van der Waals surface area contributed by atoms with Gasteiger partial charge in [0.15, 0.2) is 17.4 Å². The van der Waals surface area contributed by atoms with Crippen molar-refractivity contribution in [3.63, 3.8) is 0 Å². The molecule has 0 saturated heterocycles. The minimum Gasteiger partial charge on any atom is -0.451 e. The molecule has 4 heteroatoms. The first kappa shape index (κ1) is 13.0. The van der Waals surface area contributed by atoms with Crippen LogP contribution in [0, 0.1) is 18.6 Å². The number of benzene rings is 2. The summed E-state index contributed by atoms with van der Waals surface area (Å²) in [6, 6.07) is 9.48. The summed E-state index contributed by atoms with van der Waals surface area (Å²) in [6.45, 7) is 1.93.